The fraction of sp³-hybridized carbons (Fsp3) is 0.571. The number of hydrogen-bond acceptors (Lipinski definition) is 2. The molecule has 1 saturated heterocycles. The summed E-state index contributed by atoms with van der Waals surface area (Å²) in [5.41, 5.74) is 7.35. The van der Waals surface area contributed by atoms with Crippen LogP contribution >= 0.6 is 23.2 Å². The highest BCUT2D eigenvalue weighted by atomic mass is 35.5. The second-order valence-electron chi connectivity index (χ2n) is 5.80. The van der Waals surface area contributed by atoms with Gasteiger partial charge < -0.3 is 5.73 Å². The molecular formula is C14H20Cl2N2. The molecule has 1 unspecified atom stereocenters. The van der Waals surface area contributed by atoms with Crippen LogP contribution in [0.25, 0.3) is 0 Å². The summed E-state index contributed by atoms with van der Waals surface area (Å²) in [7, 11) is 0. The molecule has 4 heteroatoms. The van der Waals surface area contributed by atoms with Crippen molar-refractivity contribution in [1.82, 2.24) is 4.90 Å². The summed E-state index contributed by atoms with van der Waals surface area (Å²) >= 11 is 12.3. The molecule has 0 aromatic heterocycles. The van der Waals surface area contributed by atoms with E-state index in [4.69, 9.17) is 28.9 Å². The smallest absolute Gasteiger partial charge is 0.0485 e. The van der Waals surface area contributed by atoms with Gasteiger partial charge in [0.15, 0.2) is 0 Å². The summed E-state index contributed by atoms with van der Waals surface area (Å²) in [5.74, 6) is 0. The Kier molecular flexibility index (Phi) is 4.22. The maximum absolute atomic E-state index is 6.28. The summed E-state index contributed by atoms with van der Waals surface area (Å²) in [6, 6.07) is 5.77. The summed E-state index contributed by atoms with van der Waals surface area (Å²) in [6.45, 7) is 7.27. The molecule has 1 aromatic carbocycles. The second kappa shape index (κ2) is 5.38. The lowest BCUT2D eigenvalue weighted by Crippen LogP contribution is -2.33. The van der Waals surface area contributed by atoms with Crippen molar-refractivity contribution >= 4 is 23.2 Å². The van der Waals surface area contributed by atoms with Crippen molar-refractivity contribution in [2.75, 3.05) is 19.6 Å². The van der Waals surface area contributed by atoms with Crippen molar-refractivity contribution in [3.05, 3.63) is 33.8 Å². The van der Waals surface area contributed by atoms with Gasteiger partial charge in [-0.2, -0.15) is 0 Å². The van der Waals surface area contributed by atoms with E-state index in [1.54, 1.807) is 0 Å². The number of nitrogens with zero attached hydrogens (tertiary/aromatic N) is 1. The van der Waals surface area contributed by atoms with Crippen molar-refractivity contribution in [1.29, 1.82) is 0 Å². The molecule has 0 bridgehead atoms. The highest BCUT2D eigenvalue weighted by Gasteiger charge is 2.34. The molecule has 1 aromatic rings. The predicted molar refractivity (Wildman–Crippen MR) is 78.2 cm³/mol. The van der Waals surface area contributed by atoms with E-state index < -0.39 is 0 Å². The zero-order valence-corrected chi connectivity index (χ0v) is 12.4. The van der Waals surface area contributed by atoms with E-state index in [1.165, 1.54) is 6.42 Å². The van der Waals surface area contributed by atoms with Gasteiger partial charge in [-0.3, -0.25) is 4.90 Å². The van der Waals surface area contributed by atoms with Gasteiger partial charge in [0.1, 0.15) is 0 Å². The lowest BCUT2D eigenvalue weighted by Gasteiger charge is -2.29. The predicted octanol–water partition coefficient (Wildman–Crippen LogP) is 3.73. The first-order chi connectivity index (χ1) is 8.43. The average Bonchev–Trinajstić information content (AvgIpc) is 2.65. The molecule has 18 heavy (non-hydrogen) atoms. The number of halogens is 2. The first-order valence-electron chi connectivity index (χ1n) is 6.32. The van der Waals surface area contributed by atoms with Gasteiger partial charge in [0.05, 0.1) is 0 Å². The molecule has 0 saturated carbocycles. The third-order valence-electron chi connectivity index (χ3n) is 3.69. The summed E-state index contributed by atoms with van der Waals surface area (Å²) in [6.07, 6.45) is 1.20. The monoisotopic (exact) mass is 286 g/mol. The Bertz CT molecular complexity index is 432. The van der Waals surface area contributed by atoms with Crippen molar-refractivity contribution < 1.29 is 0 Å². The largest absolute Gasteiger partial charge is 0.329 e. The SMILES string of the molecule is CC1(C)CCN(C(CN)c2cc(Cl)ccc2Cl)C1. The Morgan fingerprint density at radius 2 is 2.11 bits per heavy atom. The number of hydrogen-bond donors (Lipinski definition) is 1. The van der Waals surface area contributed by atoms with Crippen molar-refractivity contribution in [2.24, 2.45) is 11.1 Å². The lowest BCUT2D eigenvalue weighted by molar-refractivity contribution is 0.223. The second-order valence-corrected chi connectivity index (χ2v) is 6.65. The Morgan fingerprint density at radius 1 is 1.39 bits per heavy atom. The molecule has 1 fully saturated rings. The van der Waals surface area contributed by atoms with Gasteiger partial charge in [-0.25, -0.2) is 0 Å². The maximum atomic E-state index is 6.28. The van der Waals surface area contributed by atoms with Crippen LogP contribution in [0.4, 0.5) is 0 Å². The highest BCUT2D eigenvalue weighted by Crippen LogP contribution is 2.37. The van der Waals surface area contributed by atoms with Crippen LogP contribution in [0.3, 0.4) is 0 Å². The molecule has 2 nitrogen and oxygen atoms in total. The van der Waals surface area contributed by atoms with Crippen LogP contribution in [0.15, 0.2) is 18.2 Å². The van der Waals surface area contributed by atoms with E-state index in [-0.39, 0.29) is 6.04 Å². The molecule has 1 aliphatic rings. The Labute approximate surface area is 119 Å². The van der Waals surface area contributed by atoms with Crippen molar-refractivity contribution in [3.63, 3.8) is 0 Å². The zero-order valence-electron chi connectivity index (χ0n) is 10.9. The number of likely N-dealkylation sites (tertiary alicyclic amines) is 1. The minimum Gasteiger partial charge on any atom is -0.329 e. The Balaban J connectivity index is 2.26. The van der Waals surface area contributed by atoms with Gasteiger partial charge in [-0.05, 0) is 42.1 Å². The van der Waals surface area contributed by atoms with Gasteiger partial charge in [-0.1, -0.05) is 37.0 Å². The van der Waals surface area contributed by atoms with Crippen LogP contribution in [0.2, 0.25) is 10.0 Å². The molecular weight excluding hydrogens is 267 g/mol. The van der Waals surface area contributed by atoms with E-state index in [9.17, 15) is 0 Å². The van der Waals surface area contributed by atoms with Gasteiger partial charge in [0, 0.05) is 29.2 Å². The van der Waals surface area contributed by atoms with Crippen LogP contribution < -0.4 is 5.73 Å². The summed E-state index contributed by atoms with van der Waals surface area (Å²) < 4.78 is 0. The van der Waals surface area contributed by atoms with Crippen LogP contribution in [0.5, 0.6) is 0 Å². The Hall–Kier alpha value is -0.280. The standard InChI is InChI=1S/C14H20Cl2N2/c1-14(2)5-6-18(9-14)13(8-17)11-7-10(15)3-4-12(11)16/h3-4,7,13H,5-6,8-9,17H2,1-2H3. The van der Waals surface area contributed by atoms with Crippen LogP contribution in [0.1, 0.15) is 31.9 Å². The first kappa shape index (κ1) is 14.1. The molecule has 0 radical (unpaired) electrons. The zero-order chi connectivity index (χ0) is 13.3. The third-order valence-corrected chi connectivity index (χ3v) is 4.27. The minimum absolute atomic E-state index is 0.165. The topological polar surface area (TPSA) is 29.3 Å². The van der Waals surface area contributed by atoms with Crippen LogP contribution in [0, 0.1) is 5.41 Å². The highest BCUT2D eigenvalue weighted by molar-refractivity contribution is 6.33. The molecule has 0 amide bonds. The number of nitrogens with two attached hydrogens (primary N) is 1. The van der Waals surface area contributed by atoms with Gasteiger partial charge in [0.2, 0.25) is 0 Å². The number of rotatable bonds is 3. The molecule has 1 aliphatic heterocycles. The molecule has 2 N–H and O–H groups in total. The lowest BCUT2D eigenvalue weighted by atomic mass is 9.93. The third kappa shape index (κ3) is 3.00. The summed E-state index contributed by atoms with van der Waals surface area (Å²) in [5, 5.41) is 1.46. The fourth-order valence-electron chi connectivity index (χ4n) is 2.66. The first-order valence-corrected chi connectivity index (χ1v) is 7.07. The fourth-order valence-corrected chi connectivity index (χ4v) is 3.09. The normalized spacial score (nSPS) is 21.2. The molecule has 0 aliphatic carbocycles. The molecule has 1 atom stereocenters. The molecule has 1 heterocycles. The van der Waals surface area contributed by atoms with E-state index in [1.807, 2.05) is 18.2 Å². The minimum atomic E-state index is 0.165. The van der Waals surface area contributed by atoms with Gasteiger partial charge in [0.25, 0.3) is 0 Å². The van der Waals surface area contributed by atoms with Gasteiger partial charge in [-0.15, -0.1) is 0 Å². The average molecular weight is 287 g/mol. The molecule has 2 rings (SSSR count). The summed E-state index contributed by atoms with van der Waals surface area (Å²) in [4.78, 5) is 2.41. The van der Waals surface area contributed by atoms with Crippen LogP contribution in [-0.4, -0.2) is 24.5 Å². The van der Waals surface area contributed by atoms with Crippen molar-refractivity contribution in [3.8, 4) is 0 Å². The van der Waals surface area contributed by atoms with Crippen molar-refractivity contribution in [2.45, 2.75) is 26.3 Å². The number of benzene rings is 1. The quantitative estimate of drug-likeness (QED) is 0.918. The molecule has 0 spiro atoms. The maximum Gasteiger partial charge on any atom is 0.0485 e. The molecule has 100 valence electrons. The Morgan fingerprint density at radius 3 is 2.67 bits per heavy atom. The van der Waals surface area contributed by atoms with E-state index >= 15 is 0 Å². The van der Waals surface area contributed by atoms with E-state index in [0.717, 1.165) is 23.7 Å². The van der Waals surface area contributed by atoms with Crippen LogP contribution in [-0.2, 0) is 0 Å². The van der Waals surface area contributed by atoms with E-state index in [0.29, 0.717) is 17.0 Å². The van der Waals surface area contributed by atoms with Gasteiger partial charge >= 0.3 is 0 Å². The van der Waals surface area contributed by atoms with E-state index in [2.05, 4.69) is 18.7 Å².